The molecule has 34 heavy (non-hydrogen) atoms. The van der Waals surface area contributed by atoms with Gasteiger partial charge in [0.15, 0.2) is 0 Å². The molecule has 1 aliphatic carbocycles. The average molecular weight is 498 g/mol. The molecular weight excluding hydrogens is 470 g/mol. The van der Waals surface area contributed by atoms with Gasteiger partial charge in [0.25, 0.3) is 0 Å². The van der Waals surface area contributed by atoms with E-state index in [4.69, 9.17) is 9.47 Å². The molecule has 0 bridgehead atoms. The molecule has 4 aromatic rings. The van der Waals surface area contributed by atoms with E-state index in [0.29, 0.717) is 13.2 Å². The molecule has 1 aromatic carbocycles. The Labute approximate surface area is 205 Å². The summed E-state index contributed by atoms with van der Waals surface area (Å²) < 4.78 is 15.6. The maximum absolute atomic E-state index is 13.5. The Morgan fingerprint density at radius 1 is 1.26 bits per heavy atom. The van der Waals surface area contributed by atoms with Gasteiger partial charge in [-0.1, -0.05) is 11.5 Å². The Hall–Kier alpha value is -2.69. The fourth-order valence-electron chi connectivity index (χ4n) is 5.25. The summed E-state index contributed by atoms with van der Waals surface area (Å²) in [6.07, 6.45) is 4.06. The lowest BCUT2D eigenvalue weighted by molar-refractivity contribution is -0.149. The number of ether oxygens (including phenoxy) is 2. The van der Waals surface area contributed by atoms with Crippen molar-refractivity contribution in [2.45, 2.75) is 45.2 Å². The van der Waals surface area contributed by atoms with E-state index >= 15 is 0 Å². The third kappa shape index (κ3) is 3.55. The van der Waals surface area contributed by atoms with Gasteiger partial charge in [0.1, 0.15) is 22.7 Å². The first-order valence-corrected chi connectivity index (χ1v) is 13.2. The molecule has 1 amide bonds. The van der Waals surface area contributed by atoms with Crippen LogP contribution in [0.25, 0.3) is 20.4 Å². The number of amides is 1. The summed E-state index contributed by atoms with van der Waals surface area (Å²) in [7, 11) is 1.67. The molecule has 0 saturated carbocycles. The van der Waals surface area contributed by atoms with Gasteiger partial charge < -0.3 is 24.1 Å². The quantitative estimate of drug-likeness (QED) is 0.424. The summed E-state index contributed by atoms with van der Waals surface area (Å²) in [6, 6.07) is 4.32. The number of morpholine rings is 1. The summed E-state index contributed by atoms with van der Waals surface area (Å²) in [4.78, 5) is 26.9. The first-order valence-electron chi connectivity index (χ1n) is 11.6. The molecule has 2 N–H and O–H groups in total. The Morgan fingerprint density at radius 3 is 2.82 bits per heavy atom. The molecule has 1 fully saturated rings. The molecule has 0 spiro atoms. The third-order valence-electron chi connectivity index (χ3n) is 6.94. The number of rotatable bonds is 4. The molecule has 0 unspecified atom stereocenters. The van der Waals surface area contributed by atoms with E-state index in [1.807, 2.05) is 11.0 Å². The number of carbonyl (C=O) groups is 1. The van der Waals surface area contributed by atoms with Gasteiger partial charge in [0.2, 0.25) is 5.91 Å². The lowest BCUT2D eigenvalue weighted by Gasteiger charge is -2.41. The van der Waals surface area contributed by atoms with E-state index < -0.39 is 0 Å². The van der Waals surface area contributed by atoms with Gasteiger partial charge in [-0.05, 0) is 44.7 Å². The van der Waals surface area contributed by atoms with Crippen LogP contribution in [0.15, 0.2) is 18.5 Å². The zero-order valence-corrected chi connectivity index (χ0v) is 21.0. The fraction of sp³-hybridized carbons (Fsp3) is 0.458. The molecule has 3 atom stereocenters. The van der Waals surface area contributed by atoms with Gasteiger partial charge in [0.05, 0.1) is 53.7 Å². The molecule has 8 nitrogen and oxygen atoms in total. The van der Waals surface area contributed by atoms with Crippen molar-refractivity contribution in [1.82, 2.24) is 19.2 Å². The van der Waals surface area contributed by atoms with E-state index in [0.717, 1.165) is 52.3 Å². The van der Waals surface area contributed by atoms with Crippen molar-refractivity contribution in [3.63, 3.8) is 0 Å². The number of anilines is 2. The Kier molecular flexibility index (Phi) is 5.46. The number of benzene rings is 1. The molecular formula is C24H27N5O3S2. The number of aromatic amines is 1. The number of aryl methyl sites for hydroxylation is 1. The molecule has 4 heterocycles. The van der Waals surface area contributed by atoms with Gasteiger partial charge in [-0.2, -0.15) is 0 Å². The van der Waals surface area contributed by atoms with Crippen LogP contribution < -0.4 is 10.1 Å². The van der Waals surface area contributed by atoms with Gasteiger partial charge in [-0.25, -0.2) is 9.97 Å². The standard InChI is InChI=1S/C24H27N5O3S2/c1-12-9-32-10-13(2)29(12)24(30)14-4-5-15-19(6-14)33-23-21(15)22(25-11-26-23)27-16-8-20-17(28-34-20)7-18(16)31-3/h7-8,11-14,28H,4-6,9-10H2,1-3H3,(H,25,26,27)/t12-,13+,14-/m0/s1. The molecule has 178 valence electrons. The molecule has 1 aliphatic heterocycles. The highest BCUT2D eigenvalue weighted by Crippen LogP contribution is 2.42. The second kappa shape index (κ2) is 8.51. The van der Waals surface area contributed by atoms with E-state index in [2.05, 4.69) is 39.6 Å². The average Bonchev–Trinajstić information content (AvgIpc) is 3.19. The highest BCUT2D eigenvalue weighted by Gasteiger charge is 2.36. The Bertz CT molecular complexity index is 1370. The minimum atomic E-state index is 0.00510. The molecule has 6 rings (SSSR count). The predicted octanol–water partition coefficient (Wildman–Crippen LogP) is 4.73. The topological polar surface area (TPSA) is 92.4 Å². The van der Waals surface area contributed by atoms with Gasteiger partial charge in [-0.15, -0.1) is 11.3 Å². The lowest BCUT2D eigenvalue weighted by Crippen LogP contribution is -2.54. The number of carbonyl (C=O) groups excluding carboxylic acids is 1. The molecule has 1 saturated heterocycles. The van der Waals surface area contributed by atoms with Crippen molar-refractivity contribution in [3.8, 4) is 5.75 Å². The monoisotopic (exact) mass is 497 g/mol. The maximum Gasteiger partial charge on any atom is 0.226 e. The van der Waals surface area contributed by atoms with Gasteiger partial charge >= 0.3 is 0 Å². The SMILES string of the molecule is COc1cc2[nH]sc2cc1Nc1ncnc2sc3c(c12)CC[C@H](C(=O)N1[C@H](C)COC[C@@H]1C)C3. The number of thiophene rings is 1. The number of methoxy groups -OCH3 is 1. The maximum atomic E-state index is 13.5. The van der Waals surface area contributed by atoms with E-state index in [9.17, 15) is 4.79 Å². The van der Waals surface area contributed by atoms with Crippen LogP contribution in [-0.2, 0) is 22.4 Å². The van der Waals surface area contributed by atoms with Crippen molar-refractivity contribution in [2.75, 3.05) is 25.6 Å². The van der Waals surface area contributed by atoms with Crippen molar-refractivity contribution in [2.24, 2.45) is 5.92 Å². The second-order valence-electron chi connectivity index (χ2n) is 9.20. The van der Waals surface area contributed by atoms with Crippen LogP contribution in [0.2, 0.25) is 0 Å². The largest absolute Gasteiger partial charge is 0.494 e. The van der Waals surface area contributed by atoms with Crippen LogP contribution in [0.4, 0.5) is 11.5 Å². The van der Waals surface area contributed by atoms with Crippen molar-refractivity contribution >= 4 is 60.7 Å². The first kappa shape index (κ1) is 21.8. The Morgan fingerprint density at radius 2 is 2.09 bits per heavy atom. The minimum Gasteiger partial charge on any atom is -0.494 e. The number of nitrogens with zero attached hydrogens (tertiary/aromatic N) is 3. The van der Waals surface area contributed by atoms with Crippen LogP contribution in [0, 0.1) is 5.92 Å². The number of nitrogens with one attached hydrogen (secondary N) is 2. The van der Waals surface area contributed by atoms with Gasteiger partial charge in [0, 0.05) is 16.9 Å². The summed E-state index contributed by atoms with van der Waals surface area (Å²) in [5.74, 6) is 1.82. The summed E-state index contributed by atoms with van der Waals surface area (Å²) in [5, 5.41) is 4.57. The zero-order chi connectivity index (χ0) is 23.4. The van der Waals surface area contributed by atoms with Crippen molar-refractivity contribution < 1.29 is 14.3 Å². The minimum absolute atomic E-state index is 0.00510. The van der Waals surface area contributed by atoms with Crippen molar-refractivity contribution in [3.05, 3.63) is 28.9 Å². The lowest BCUT2D eigenvalue weighted by atomic mass is 9.86. The molecule has 0 radical (unpaired) electrons. The summed E-state index contributed by atoms with van der Waals surface area (Å²) in [6.45, 7) is 5.38. The number of hydrogen-bond donors (Lipinski definition) is 2. The molecule has 2 aliphatic rings. The number of hydrogen-bond acceptors (Lipinski definition) is 8. The third-order valence-corrected chi connectivity index (χ3v) is 8.98. The number of H-pyrrole nitrogens is 1. The molecule has 10 heteroatoms. The van der Waals surface area contributed by atoms with Crippen LogP contribution in [-0.4, -0.2) is 57.6 Å². The van der Waals surface area contributed by atoms with Crippen LogP contribution in [0.5, 0.6) is 5.75 Å². The second-order valence-corrected chi connectivity index (χ2v) is 11.1. The predicted molar refractivity (Wildman–Crippen MR) is 136 cm³/mol. The zero-order valence-electron chi connectivity index (χ0n) is 19.4. The highest BCUT2D eigenvalue weighted by atomic mass is 32.1. The number of fused-ring (bicyclic) bond motifs is 4. The van der Waals surface area contributed by atoms with Crippen molar-refractivity contribution in [1.29, 1.82) is 0 Å². The number of aromatic nitrogens is 3. The van der Waals surface area contributed by atoms with E-state index in [-0.39, 0.29) is 23.9 Å². The summed E-state index contributed by atoms with van der Waals surface area (Å²) in [5.41, 5.74) is 3.23. The van der Waals surface area contributed by atoms with Gasteiger partial charge in [-0.3, -0.25) is 4.79 Å². The molecule has 3 aromatic heterocycles. The van der Waals surface area contributed by atoms with E-state index in [1.165, 1.54) is 15.1 Å². The normalized spacial score (nSPS) is 22.8. The first-order chi connectivity index (χ1) is 16.5. The highest BCUT2D eigenvalue weighted by molar-refractivity contribution is 7.19. The fourth-order valence-corrected chi connectivity index (χ4v) is 7.15. The van der Waals surface area contributed by atoms with Crippen LogP contribution in [0.3, 0.4) is 0 Å². The summed E-state index contributed by atoms with van der Waals surface area (Å²) >= 11 is 3.29. The van der Waals surface area contributed by atoms with E-state index in [1.54, 1.807) is 36.3 Å². The Balaban J connectivity index is 1.31. The van der Waals surface area contributed by atoms with Crippen LogP contribution >= 0.6 is 22.9 Å². The van der Waals surface area contributed by atoms with Crippen LogP contribution in [0.1, 0.15) is 30.7 Å². The smallest absolute Gasteiger partial charge is 0.226 e.